The molecule has 1 fully saturated rings. The van der Waals surface area contributed by atoms with Gasteiger partial charge in [0.15, 0.2) is 6.61 Å². The Morgan fingerprint density at radius 1 is 1.59 bits per heavy atom. The average Bonchev–Trinajstić information content (AvgIpc) is 3.13. The molecule has 1 aromatic carbocycles. The van der Waals surface area contributed by atoms with E-state index in [1.165, 1.54) is 0 Å². The molecule has 1 aliphatic rings. The number of likely N-dealkylation sites (N-methyl/N-ethyl adjacent to an activating group) is 1. The molecule has 2 N–H and O–H groups in total. The molecule has 17 heavy (non-hydrogen) atoms. The fraction of sp³-hybridized carbons (Fsp3) is 0.417. The molecule has 0 heterocycles. The number of carbonyl (C=O) groups is 1. The lowest BCUT2D eigenvalue weighted by atomic mass is 10.3. The molecule has 92 valence electrons. The summed E-state index contributed by atoms with van der Waals surface area (Å²) in [5, 5.41) is 0.459. The highest BCUT2D eigenvalue weighted by atomic mass is 35.5. The lowest BCUT2D eigenvalue weighted by Crippen LogP contribution is -2.33. The highest BCUT2D eigenvalue weighted by Gasteiger charge is 2.29. The van der Waals surface area contributed by atoms with E-state index in [4.69, 9.17) is 22.1 Å². The van der Waals surface area contributed by atoms with E-state index < -0.39 is 0 Å². The van der Waals surface area contributed by atoms with Crippen molar-refractivity contribution in [3.8, 4) is 5.75 Å². The molecule has 2 rings (SSSR count). The number of hydrogen-bond donors (Lipinski definition) is 1. The van der Waals surface area contributed by atoms with Crippen molar-refractivity contribution in [3.63, 3.8) is 0 Å². The number of hydrogen-bond acceptors (Lipinski definition) is 3. The van der Waals surface area contributed by atoms with Crippen molar-refractivity contribution >= 4 is 23.2 Å². The summed E-state index contributed by atoms with van der Waals surface area (Å²) in [6.07, 6.45) is 2.17. The molecule has 1 aliphatic carbocycles. The highest BCUT2D eigenvalue weighted by Crippen LogP contribution is 2.28. The summed E-state index contributed by atoms with van der Waals surface area (Å²) in [5.41, 5.74) is 6.18. The van der Waals surface area contributed by atoms with Crippen LogP contribution >= 0.6 is 11.6 Å². The molecule has 0 aromatic heterocycles. The Bertz CT molecular complexity index is 433. The second-order valence-corrected chi connectivity index (χ2v) is 4.62. The van der Waals surface area contributed by atoms with Crippen LogP contribution in [0.5, 0.6) is 5.75 Å². The van der Waals surface area contributed by atoms with Crippen LogP contribution in [-0.4, -0.2) is 30.5 Å². The first-order valence-electron chi connectivity index (χ1n) is 5.51. The molecule has 0 unspecified atom stereocenters. The fourth-order valence-electron chi connectivity index (χ4n) is 1.54. The third-order valence-corrected chi connectivity index (χ3v) is 3.11. The molecule has 1 aromatic rings. The molecule has 0 radical (unpaired) electrons. The maximum absolute atomic E-state index is 11.7. The van der Waals surface area contributed by atoms with Crippen LogP contribution in [0, 0.1) is 0 Å². The molecule has 0 saturated heterocycles. The predicted octanol–water partition coefficient (Wildman–Crippen LogP) is 1.92. The highest BCUT2D eigenvalue weighted by molar-refractivity contribution is 6.32. The third kappa shape index (κ3) is 3.03. The van der Waals surface area contributed by atoms with Crippen LogP contribution in [-0.2, 0) is 4.79 Å². The summed E-state index contributed by atoms with van der Waals surface area (Å²) < 4.78 is 5.38. The molecular weight excluding hydrogens is 240 g/mol. The van der Waals surface area contributed by atoms with E-state index in [1.807, 2.05) is 0 Å². The number of halogens is 1. The maximum Gasteiger partial charge on any atom is 0.260 e. The number of anilines is 1. The quantitative estimate of drug-likeness (QED) is 0.836. The number of amides is 1. The van der Waals surface area contributed by atoms with Crippen LogP contribution in [0.2, 0.25) is 5.02 Å². The first kappa shape index (κ1) is 12.0. The summed E-state index contributed by atoms with van der Waals surface area (Å²) in [5.74, 6) is 0.412. The molecular formula is C12H15ClN2O2. The minimum Gasteiger partial charge on any atom is -0.482 e. The molecule has 0 atom stereocenters. The van der Waals surface area contributed by atoms with Gasteiger partial charge in [-0.05, 0) is 25.0 Å². The van der Waals surface area contributed by atoms with E-state index in [0.29, 0.717) is 22.5 Å². The van der Waals surface area contributed by atoms with Crippen molar-refractivity contribution in [2.24, 2.45) is 0 Å². The summed E-state index contributed by atoms with van der Waals surface area (Å²) in [6, 6.07) is 5.35. The molecule has 1 saturated carbocycles. The summed E-state index contributed by atoms with van der Waals surface area (Å²) in [6.45, 7) is -0.00380. The first-order chi connectivity index (χ1) is 8.08. The zero-order valence-corrected chi connectivity index (χ0v) is 10.4. The van der Waals surface area contributed by atoms with Crippen LogP contribution in [0.25, 0.3) is 0 Å². The van der Waals surface area contributed by atoms with Crippen molar-refractivity contribution in [1.82, 2.24) is 4.90 Å². The zero-order valence-electron chi connectivity index (χ0n) is 9.65. The topological polar surface area (TPSA) is 55.6 Å². The van der Waals surface area contributed by atoms with E-state index >= 15 is 0 Å². The zero-order chi connectivity index (χ0) is 12.4. The third-order valence-electron chi connectivity index (χ3n) is 2.79. The fourth-order valence-corrected chi connectivity index (χ4v) is 1.71. The first-order valence-corrected chi connectivity index (χ1v) is 5.89. The van der Waals surface area contributed by atoms with E-state index in [9.17, 15) is 4.79 Å². The van der Waals surface area contributed by atoms with Gasteiger partial charge in [-0.1, -0.05) is 11.6 Å². The Kier molecular flexibility index (Phi) is 3.43. The van der Waals surface area contributed by atoms with Crippen LogP contribution in [0.3, 0.4) is 0 Å². The second-order valence-electron chi connectivity index (χ2n) is 4.21. The summed E-state index contributed by atoms with van der Waals surface area (Å²) in [7, 11) is 1.80. The monoisotopic (exact) mass is 254 g/mol. The maximum atomic E-state index is 11.7. The van der Waals surface area contributed by atoms with Gasteiger partial charge >= 0.3 is 0 Å². The summed E-state index contributed by atoms with van der Waals surface area (Å²) >= 11 is 5.93. The average molecular weight is 255 g/mol. The van der Waals surface area contributed by atoms with Gasteiger partial charge in [0.2, 0.25) is 0 Å². The number of carbonyl (C=O) groups excluding carboxylic acids is 1. The Morgan fingerprint density at radius 2 is 2.29 bits per heavy atom. The van der Waals surface area contributed by atoms with Gasteiger partial charge in [-0.2, -0.15) is 0 Å². The van der Waals surface area contributed by atoms with Crippen LogP contribution < -0.4 is 10.5 Å². The number of rotatable bonds is 4. The number of nitrogen functional groups attached to an aromatic ring is 1. The van der Waals surface area contributed by atoms with Crippen molar-refractivity contribution in [2.75, 3.05) is 19.4 Å². The van der Waals surface area contributed by atoms with E-state index in [-0.39, 0.29) is 12.5 Å². The van der Waals surface area contributed by atoms with Crippen LogP contribution in [0.1, 0.15) is 12.8 Å². The summed E-state index contributed by atoms with van der Waals surface area (Å²) in [4.78, 5) is 13.4. The van der Waals surface area contributed by atoms with Gasteiger partial charge in [0.05, 0.1) is 5.02 Å². The van der Waals surface area contributed by atoms with E-state index in [2.05, 4.69) is 0 Å². The smallest absolute Gasteiger partial charge is 0.260 e. The number of benzene rings is 1. The Hall–Kier alpha value is -1.42. The lowest BCUT2D eigenvalue weighted by molar-refractivity contribution is -0.132. The molecule has 1 amide bonds. The van der Waals surface area contributed by atoms with Gasteiger partial charge in [-0.25, -0.2) is 0 Å². The Balaban J connectivity index is 1.92. The number of ether oxygens (including phenoxy) is 1. The van der Waals surface area contributed by atoms with Crippen molar-refractivity contribution in [2.45, 2.75) is 18.9 Å². The van der Waals surface area contributed by atoms with Crippen molar-refractivity contribution in [1.29, 1.82) is 0 Å². The minimum atomic E-state index is -0.0361. The standard InChI is InChI=1S/C12H15ClN2O2/c1-15(9-3-4-9)12(16)7-17-11-6-8(14)2-5-10(11)13/h2,5-6,9H,3-4,7,14H2,1H3. The van der Waals surface area contributed by atoms with Crippen LogP contribution in [0.15, 0.2) is 18.2 Å². The van der Waals surface area contributed by atoms with Gasteiger partial charge in [0.1, 0.15) is 5.75 Å². The largest absolute Gasteiger partial charge is 0.482 e. The molecule has 5 heteroatoms. The van der Waals surface area contributed by atoms with Crippen molar-refractivity contribution in [3.05, 3.63) is 23.2 Å². The van der Waals surface area contributed by atoms with Gasteiger partial charge in [-0.15, -0.1) is 0 Å². The van der Waals surface area contributed by atoms with Gasteiger partial charge < -0.3 is 15.4 Å². The number of nitrogens with two attached hydrogens (primary N) is 1. The van der Waals surface area contributed by atoms with Gasteiger partial charge in [0.25, 0.3) is 5.91 Å². The molecule has 4 nitrogen and oxygen atoms in total. The van der Waals surface area contributed by atoms with Crippen LogP contribution in [0.4, 0.5) is 5.69 Å². The molecule has 0 bridgehead atoms. The number of nitrogens with zero attached hydrogens (tertiary/aromatic N) is 1. The normalized spacial score (nSPS) is 14.5. The Labute approximate surface area is 105 Å². The van der Waals surface area contributed by atoms with Gasteiger partial charge in [0, 0.05) is 24.8 Å². The lowest BCUT2D eigenvalue weighted by Gasteiger charge is -2.16. The minimum absolute atomic E-state index is 0.00380. The van der Waals surface area contributed by atoms with Gasteiger partial charge in [-0.3, -0.25) is 4.79 Å². The van der Waals surface area contributed by atoms with Crippen molar-refractivity contribution < 1.29 is 9.53 Å². The molecule has 0 spiro atoms. The predicted molar refractivity (Wildman–Crippen MR) is 67.2 cm³/mol. The Morgan fingerprint density at radius 3 is 2.94 bits per heavy atom. The SMILES string of the molecule is CN(C(=O)COc1cc(N)ccc1Cl)C1CC1. The second kappa shape index (κ2) is 4.84. The van der Waals surface area contributed by atoms with E-state index in [0.717, 1.165) is 12.8 Å². The van der Waals surface area contributed by atoms with E-state index in [1.54, 1.807) is 30.1 Å². The molecule has 0 aliphatic heterocycles.